The molecule has 0 fully saturated rings. The molecule has 0 heterocycles. The molecule has 0 atom stereocenters. The van der Waals surface area contributed by atoms with Crippen LogP contribution in [0.25, 0.3) is 49.0 Å². The summed E-state index contributed by atoms with van der Waals surface area (Å²) >= 11 is 0. The summed E-state index contributed by atoms with van der Waals surface area (Å²) in [5, 5.41) is 7.51. The number of hydrogen-bond donors (Lipinski definition) is 0. The molecule has 0 N–H and O–H groups in total. The van der Waals surface area contributed by atoms with E-state index >= 15 is 0 Å². The van der Waals surface area contributed by atoms with E-state index in [1.165, 1.54) is 65.7 Å². The third kappa shape index (κ3) is 5.42. The molecular formula is C56H39N. The predicted octanol–water partition coefficient (Wildman–Crippen LogP) is 14.6. The first-order valence-electron chi connectivity index (χ1n) is 19.6. The zero-order valence-corrected chi connectivity index (χ0v) is 31.7. The van der Waals surface area contributed by atoms with Crippen LogP contribution in [0.5, 0.6) is 0 Å². The second kappa shape index (κ2) is 14.0. The zero-order chi connectivity index (χ0) is 38.3. The maximum absolute atomic E-state index is 5.76. The smallest absolute Gasteiger partial charge is 0.0714 e. The van der Waals surface area contributed by atoms with Gasteiger partial charge >= 0.3 is 0 Å². The number of anilines is 3. The van der Waals surface area contributed by atoms with Crippen LogP contribution in [0.1, 0.15) is 34.7 Å². The lowest BCUT2D eigenvalue weighted by Crippen LogP contribution is -2.28. The molecule has 268 valence electrons. The van der Waals surface area contributed by atoms with Crippen LogP contribution in [0.4, 0.5) is 17.1 Å². The largest absolute Gasteiger partial charge is 0.310 e. The Morgan fingerprint density at radius 1 is 0.474 bits per heavy atom. The molecular weight excluding hydrogens is 687 g/mol. The number of rotatable bonds is 7. The van der Waals surface area contributed by atoms with E-state index in [9.17, 15) is 0 Å². The van der Waals surface area contributed by atoms with Crippen LogP contribution in [0.3, 0.4) is 0 Å². The van der Waals surface area contributed by atoms with Crippen LogP contribution in [0.2, 0.25) is 0 Å². The molecule has 1 nitrogen and oxygen atoms in total. The van der Waals surface area contributed by atoms with Gasteiger partial charge in [-0.15, -0.1) is 6.42 Å². The van der Waals surface area contributed by atoms with Crippen LogP contribution in [0, 0.1) is 12.3 Å². The van der Waals surface area contributed by atoms with E-state index in [1.807, 2.05) is 19.1 Å². The first-order chi connectivity index (χ1) is 28.2. The summed E-state index contributed by atoms with van der Waals surface area (Å²) in [7, 11) is 0. The Morgan fingerprint density at radius 3 is 1.58 bits per heavy atom. The fourth-order valence-electron chi connectivity index (χ4n) is 9.35. The van der Waals surface area contributed by atoms with E-state index in [0.717, 1.165) is 28.2 Å². The van der Waals surface area contributed by atoms with Gasteiger partial charge < -0.3 is 4.90 Å². The van der Waals surface area contributed by atoms with E-state index in [4.69, 9.17) is 6.42 Å². The van der Waals surface area contributed by atoms with Gasteiger partial charge in [-0.3, -0.25) is 0 Å². The summed E-state index contributed by atoms with van der Waals surface area (Å²) in [6, 6.07) is 71.3. The maximum atomic E-state index is 5.76. The van der Waals surface area contributed by atoms with Crippen molar-refractivity contribution >= 4 is 55.0 Å². The van der Waals surface area contributed by atoms with Crippen molar-refractivity contribution < 1.29 is 0 Å². The number of benzene rings is 9. The van der Waals surface area contributed by atoms with Gasteiger partial charge in [-0.25, -0.2) is 0 Å². The second-order valence-electron chi connectivity index (χ2n) is 14.7. The van der Waals surface area contributed by atoms with E-state index in [2.05, 4.69) is 211 Å². The molecule has 1 heteroatoms. The summed E-state index contributed by atoms with van der Waals surface area (Å²) in [4.78, 5) is 2.41. The Morgan fingerprint density at radius 2 is 0.965 bits per heavy atom. The molecule has 1 aliphatic rings. The van der Waals surface area contributed by atoms with Crippen LogP contribution >= 0.6 is 0 Å². The molecule has 9 aromatic rings. The monoisotopic (exact) mass is 725 g/mol. The molecule has 1 aliphatic carbocycles. The van der Waals surface area contributed by atoms with Gasteiger partial charge in [0, 0.05) is 17.1 Å². The fraction of sp³-hybridized carbons (Fsp3) is 0.0357. The molecule has 0 spiro atoms. The first-order valence-corrected chi connectivity index (χ1v) is 19.6. The maximum Gasteiger partial charge on any atom is 0.0714 e. The number of hydrogen-bond acceptors (Lipinski definition) is 1. The molecule has 0 saturated heterocycles. The van der Waals surface area contributed by atoms with E-state index in [1.54, 1.807) is 0 Å². The molecule has 0 aromatic heterocycles. The predicted molar refractivity (Wildman–Crippen MR) is 243 cm³/mol. The van der Waals surface area contributed by atoms with Crippen molar-refractivity contribution in [2.45, 2.75) is 12.3 Å². The Balaban J connectivity index is 1.25. The van der Waals surface area contributed by atoms with Crippen LogP contribution < -0.4 is 4.90 Å². The third-order valence-electron chi connectivity index (χ3n) is 11.7. The molecule has 0 aliphatic heterocycles. The average Bonchev–Trinajstić information content (AvgIpc) is 3.58. The Bertz CT molecular complexity index is 3000. The quantitative estimate of drug-likeness (QED) is 0.0898. The van der Waals surface area contributed by atoms with Gasteiger partial charge in [-0.1, -0.05) is 176 Å². The lowest BCUT2D eigenvalue weighted by Gasteiger charge is -2.35. The third-order valence-corrected chi connectivity index (χ3v) is 11.7. The molecule has 0 bridgehead atoms. The van der Waals surface area contributed by atoms with Gasteiger partial charge in [0.15, 0.2) is 0 Å². The summed E-state index contributed by atoms with van der Waals surface area (Å²) in [5.41, 5.74) is 12.4. The minimum atomic E-state index is -0.514. The zero-order valence-electron chi connectivity index (χ0n) is 31.7. The normalized spacial score (nSPS) is 13.2. The van der Waals surface area contributed by atoms with Crippen molar-refractivity contribution in [2.24, 2.45) is 0 Å². The topological polar surface area (TPSA) is 3.24 Å². The molecule has 57 heavy (non-hydrogen) atoms. The van der Waals surface area contributed by atoms with E-state index in [-0.39, 0.29) is 0 Å². The minimum absolute atomic E-state index is 0.514. The summed E-state index contributed by atoms with van der Waals surface area (Å²) in [6.45, 7) is 2.02. The molecule has 0 radical (unpaired) electrons. The first kappa shape index (κ1) is 34.1. The van der Waals surface area contributed by atoms with Gasteiger partial charge in [0.1, 0.15) is 0 Å². The van der Waals surface area contributed by atoms with E-state index in [0.29, 0.717) is 0 Å². The summed E-state index contributed by atoms with van der Waals surface area (Å²) in [6.07, 6.45) is 11.7. The molecule has 10 rings (SSSR count). The standard InChI is InChI=1S/C56H39N/c1-3-17-39(18-4-2)40-29-31-43(32-30-40)57(44-33-35-50-48-25-12-11-23-46(48)47-24-13-14-26-49(47)53(50)37-44)45-34-36-52-51-27-15-16-28-54(51)56(55(52)38-45,41-19-7-5-8-20-41)42-21-9-6-10-22-42/h1,4-38H,2H3/b18-4-,39-17+. The fourth-order valence-corrected chi connectivity index (χ4v) is 9.35. The van der Waals surface area contributed by atoms with Gasteiger partial charge in [-0.2, -0.15) is 0 Å². The van der Waals surface area contributed by atoms with Crippen molar-refractivity contribution in [1.29, 1.82) is 0 Å². The summed E-state index contributed by atoms with van der Waals surface area (Å²) < 4.78 is 0. The highest BCUT2D eigenvalue weighted by Gasteiger charge is 2.46. The van der Waals surface area contributed by atoms with Crippen LogP contribution in [-0.4, -0.2) is 0 Å². The highest BCUT2D eigenvalue weighted by Crippen LogP contribution is 2.57. The Hall–Kier alpha value is -7.40. The lowest BCUT2D eigenvalue weighted by molar-refractivity contribution is 0.768. The number of fused-ring (bicyclic) bond motifs is 9. The van der Waals surface area contributed by atoms with Gasteiger partial charge in [0.25, 0.3) is 0 Å². The molecule has 0 saturated carbocycles. The SMILES string of the molecule is C#C/C=C(\C=C/C)c1ccc(N(c2ccc3c(c2)C(c2ccccc2)(c2ccccc2)c2ccccc2-3)c2ccc3c4ccccc4c4ccccc4c3c2)cc1. The van der Waals surface area contributed by atoms with Crippen molar-refractivity contribution in [3.05, 3.63) is 240 Å². The second-order valence-corrected chi connectivity index (χ2v) is 14.7. The average molecular weight is 726 g/mol. The van der Waals surface area contributed by atoms with Gasteiger partial charge in [0.05, 0.1) is 5.41 Å². The van der Waals surface area contributed by atoms with Crippen molar-refractivity contribution in [2.75, 3.05) is 4.90 Å². The van der Waals surface area contributed by atoms with Gasteiger partial charge in [0.2, 0.25) is 0 Å². The summed E-state index contributed by atoms with van der Waals surface area (Å²) in [5.74, 6) is 2.73. The van der Waals surface area contributed by atoms with Crippen molar-refractivity contribution in [3.8, 4) is 23.5 Å². The van der Waals surface area contributed by atoms with Gasteiger partial charge in [-0.05, 0) is 126 Å². The van der Waals surface area contributed by atoms with Crippen molar-refractivity contribution in [1.82, 2.24) is 0 Å². The van der Waals surface area contributed by atoms with Crippen molar-refractivity contribution in [3.63, 3.8) is 0 Å². The molecule has 9 aromatic carbocycles. The molecule has 0 unspecified atom stereocenters. The van der Waals surface area contributed by atoms with Crippen LogP contribution in [-0.2, 0) is 5.41 Å². The molecule has 0 amide bonds. The number of allylic oxidation sites excluding steroid dienone is 4. The Labute approximate surface area is 334 Å². The highest BCUT2D eigenvalue weighted by atomic mass is 15.1. The highest BCUT2D eigenvalue weighted by molar-refractivity contribution is 6.25. The minimum Gasteiger partial charge on any atom is -0.310 e. The van der Waals surface area contributed by atoms with Crippen LogP contribution in [0.15, 0.2) is 212 Å². The number of nitrogens with zero attached hydrogens (tertiary/aromatic N) is 1. The lowest BCUT2D eigenvalue weighted by atomic mass is 9.67. The number of terminal acetylenes is 1. The van der Waals surface area contributed by atoms with E-state index < -0.39 is 5.41 Å². The Kier molecular flexibility index (Phi) is 8.40.